The standard InChI is InChI=1S/C58H70N4S6/c1-9-13-17-21-25-57(26-22-18-14-10-2)42-32-38-43(31-37(42)48-44(57)29-35(5)50-52(48)61-67-59-50)58(27-23-19-15-11-3,28-24-20-16-12-4)45-33-39(51-53(49(38)45)62-68-60-51)46-34-41-47(56(63-7)64-8)40-30-36(6)65-54(40)55(41)66-46/h29-34H,9-28H2,1-8H3. The predicted octanol–water partition coefficient (Wildman–Crippen LogP) is 19.9. The van der Waals surface area contributed by atoms with Crippen LogP contribution in [0, 0.1) is 13.8 Å². The van der Waals surface area contributed by atoms with Crippen LogP contribution in [0.3, 0.4) is 0 Å². The zero-order valence-corrected chi connectivity index (χ0v) is 46.7. The van der Waals surface area contributed by atoms with Gasteiger partial charge in [-0.15, -0.1) is 46.2 Å². The molecule has 0 saturated carbocycles. The number of unbranched alkanes of at least 4 members (excludes halogenated alkanes) is 12. The third kappa shape index (κ3) is 8.13. The number of aryl methyl sites for hydroxylation is 2. The number of thioether (sulfide) groups is 2. The number of hydrogen-bond donors (Lipinski definition) is 0. The van der Waals surface area contributed by atoms with Gasteiger partial charge in [-0.1, -0.05) is 136 Å². The van der Waals surface area contributed by atoms with Crippen molar-refractivity contribution in [3.63, 3.8) is 0 Å². The summed E-state index contributed by atoms with van der Waals surface area (Å²) in [7, 11) is 0. The topological polar surface area (TPSA) is 51.6 Å². The molecule has 0 radical (unpaired) electrons. The number of fused-ring (bicyclic) bond motifs is 13. The van der Waals surface area contributed by atoms with Crippen LogP contribution in [-0.4, -0.2) is 30.0 Å². The fourth-order valence-electron chi connectivity index (χ4n) is 12.8. The van der Waals surface area contributed by atoms with Crippen LogP contribution in [0.2, 0.25) is 0 Å². The van der Waals surface area contributed by atoms with Crippen LogP contribution >= 0.6 is 69.7 Å². The maximum absolute atomic E-state index is 5.39. The van der Waals surface area contributed by atoms with E-state index in [0.29, 0.717) is 0 Å². The van der Waals surface area contributed by atoms with Crippen molar-refractivity contribution in [2.24, 2.45) is 0 Å². The van der Waals surface area contributed by atoms with Gasteiger partial charge in [-0.25, -0.2) is 0 Å². The van der Waals surface area contributed by atoms with Crippen molar-refractivity contribution >= 4 is 97.3 Å². The second-order valence-corrected chi connectivity index (χ2v) is 25.5. The predicted molar refractivity (Wildman–Crippen MR) is 305 cm³/mol. The van der Waals surface area contributed by atoms with Crippen LogP contribution in [0.1, 0.15) is 200 Å². The van der Waals surface area contributed by atoms with Gasteiger partial charge >= 0.3 is 0 Å². The first kappa shape index (κ1) is 48.8. The second kappa shape index (κ2) is 20.7. The molecule has 0 N–H and O–H groups in total. The summed E-state index contributed by atoms with van der Waals surface area (Å²) in [5.74, 6) is 0. The third-order valence-electron chi connectivity index (χ3n) is 16.0. The van der Waals surface area contributed by atoms with Crippen LogP contribution in [0.15, 0.2) is 40.6 Å². The van der Waals surface area contributed by atoms with Gasteiger partial charge < -0.3 is 0 Å². The summed E-state index contributed by atoms with van der Waals surface area (Å²) in [5, 5.41) is 0. The Labute approximate surface area is 431 Å². The number of nitrogens with zero attached hydrogens (tertiary/aromatic N) is 4. The summed E-state index contributed by atoms with van der Waals surface area (Å²) >= 11 is 10.5. The molecule has 3 aromatic carbocycles. The van der Waals surface area contributed by atoms with Crippen molar-refractivity contribution in [2.45, 2.75) is 181 Å². The number of rotatable bonds is 23. The minimum atomic E-state index is -0.126. The van der Waals surface area contributed by atoms with Crippen molar-refractivity contribution in [1.29, 1.82) is 0 Å². The SMILES string of the molecule is CCCCCCC1(CCCCCC)c2cc3c(cc2-c2c1cc(C)c1nsnc21)C(CCCCCC)(CCCCCC)c1cc(-c2cc4c(s2)-c2sc(C)cc2C4=C(SC)SC)c2nsnc2c1-3. The lowest BCUT2D eigenvalue weighted by Crippen LogP contribution is -2.27. The molecule has 0 amide bonds. The molecule has 0 aliphatic heterocycles. The Hall–Kier alpha value is -2.86. The molecule has 4 heterocycles. The first-order valence-electron chi connectivity index (χ1n) is 26.1. The molecule has 0 spiro atoms. The van der Waals surface area contributed by atoms with E-state index in [2.05, 4.69) is 90.5 Å². The number of thiophene rings is 2. The third-order valence-corrected chi connectivity index (χ3v) is 21.6. The Morgan fingerprint density at radius 2 is 0.897 bits per heavy atom. The Morgan fingerprint density at radius 1 is 0.456 bits per heavy atom. The molecule has 4 nitrogen and oxygen atoms in total. The van der Waals surface area contributed by atoms with Gasteiger partial charge in [0.1, 0.15) is 22.1 Å². The first-order chi connectivity index (χ1) is 33.3. The highest BCUT2D eigenvalue weighted by atomic mass is 32.2. The molecule has 0 saturated heterocycles. The number of benzene rings is 3. The Bertz CT molecular complexity index is 2960. The molecule has 68 heavy (non-hydrogen) atoms. The summed E-state index contributed by atoms with van der Waals surface area (Å²) < 4.78 is 22.2. The van der Waals surface area contributed by atoms with Gasteiger partial charge in [-0.3, -0.25) is 0 Å². The van der Waals surface area contributed by atoms with Gasteiger partial charge in [-0.2, -0.15) is 17.5 Å². The molecule has 0 bridgehead atoms. The fraction of sp³-hybridized carbons (Fsp3) is 0.517. The van der Waals surface area contributed by atoms with E-state index in [-0.39, 0.29) is 10.8 Å². The van der Waals surface area contributed by atoms with Crippen molar-refractivity contribution in [2.75, 3.05) is 12.5 Å². The lowest BCUT2D eigenvalue weighted by atomic mass is 9.68. The van der Waals surface area contributed by atoms with E-state index in [0.717, 1.165) is 34.9 Å². The van der Waals surface area contributed by atoms with Crippen molar-refractivity contribution in [3.8, 4) is 42.4 Å². The van der Waals surface area contributed by atoms with Crippen LogP contribution < -0.4 is 0 Å². The van der Waals surface area contributed by atoms with Crippen LogP contribution in [0.4, 0.5) is 0 Å². The highest BCUT2D eigenvalue weighted by Gasteiger charge is 2.50. The van der Waals surface area contributed by atoms with E-state index < -0.39 is 0 Å². The van der Waals surface area contributed by atoms with E-state index >= 15 is 0 Å². The molecule has 3 aliphatic rings. The highest BCUT2D eigenvalue weighted by molar-refractivity contribution is 8.22. The van der Waals surface area contributed by atoms with Crippen molar-refractivity contribution < 1.29 is 0 Å². The Morgan fingerprint density at radius 3 is 1.41 bits per heavy atom. The van der Waals surface area contributed by atoms with Crippen molar-refractivity contribution in [1.82, 2.24) is 17.5 Å². The normalized spacial score (nSPS) is 14.8. The highest BCUT2D eigenvalue weighted by Crippen LogP contribution is 2.64. The average Bonchev–Trinajstić information content (AvgIpc) is 4.22. The van der Waals surface area contributed by atoms with E-state index in [1.54, 1.807) is 11.1 Å². The number of aromatic nitrogens is 4. The van der Waals surface area contributed by atoms with Gasteiger partial charge in [0, 0.05) is 58.2 Å². The van der Waals surface area contributed by atoms with E-state index in [1.807, 2.05) is 46.2 Å². The number of hydrogen-bond acceptors (Lipinski definition) is 10. The van der Waals surface area contributed by atoms with E-state index in [1.165, 1.54) is 224 Å². The molecule has 10 rings (SSSR count). The molecule has 0 fully saturated rings. The maximum atomic E-state index is 5.39. The molecule has 358 valence electrons. The van der Waals surface area contributed by atoms with E-state index in [4.69, 9.17) is 17.5 Å². The Kier molecular flexibility index (Phi) is 14.8. The van der Waals surface area contributed by atoms with Gasteiger partial charge in [0.25, 0.3) is 0 Å². The molecule has 10 heteroatoms. The fourth-order valence-corrected chi connectivity index (χ4v) is 17.8. The Balaban J connectivity index is 1.24. The largest absolute Gasteiger partial charge is 0.173 e. The zero-order chi connectivity index (χ0) is 47.2. The van der Waals surface area contributed by atoms with Gasteiger partial charge in [0.15, 0.2) is 0 Å². The molecule has 0 unspecified atom stereocenters. The lowest BCUT2D eigenvalue weighted by molar-refractivity contribution is 0.397. The van der Waals surface area contributed by atoms with E-state index in [9.17, 15) is 0 Å². The summed E-state index contributed by atoms with van der Waals surface area (Å²) in [6.07, 6.45) is 29.3. The van der Waals surface area contributed by atoms with Crippen LogP contribution in [0.5, 0.6) is 0 Å². The molecular weight excluding hydrogens is 945 g/mol. The van der Waals surface area contributed by atoms with Crippen LogP contribution in [0.25, 0.3) is 70.1 Å². The van der Waals surface area contributed by atoms with Gasteiger partial charge in [-0.05, 0) is 121 Å². The minimum Gasteiger partial charge on any atom is -0.173 e. The molecule has 0 atom stereocenters. The average molecular weight is 1020 g/mol. The molecule has 4 aromatic heterocycles. The minimum absolute atomic E-state index is 0.0645. The zero-order valence-electron chi connectivity index (χ0n) is 41.8. The van der Waals surface area contributed by atoms with Gasteiger partial charge in [0.05, 0.1) is 33.2 Å². The summed E-state index contributed by atoms with van der Waals surface area (Å²) in [6, 6.07) is 15.7. The maximum Gasteiger partial charge on any atom is 0.114 e. The summed E-state index contributed by atoms with van der Waals surface area (Å²) in [4.78, 5) is 5.58. The van der Waals surface area contributed by atoms with Crippen molar-refractivity contribution in [3.05, 3.63) is 84.5 Å². The quantitative estimate of drug-likeness (QED) is 0.0595. The molecular formula is C58H70N4S6. The monoisotopic (exact) mass is 1010 g/mol. The van der Waals surface area contributed by atoms with Gasteiger partial charge in [0.2, 0.25) is 0 Å². The smallest absolute Gasteiger partial charge is 0.114 e. The first-order valence-corrected chi connectivity index (χ1v) is 31.7. The second-order valence-electron chi connectivity index (χ2n) is 20.3. The summed E-state index contributed by atoms with van der Waals surface area (Å²) in [5.41, 5.74) is 22.8. The molecule has 7 aromatic rings. The summed E-state index contributed by atoms with van der Waals surface area (Å²) in [6.45, 7) is 14.0. The van der Waals surface area contributed by atoms with Crippen LogP contribution in [-0.2, 0) is 10.8 Å². The lowest BCUT2D eigenvalue weighted by Gasteiger charge is -2.35. The molecule has 3 aliphatic carbocycles.